The molecule has 8 nitrogen and oxygen atoms in total. The maximum absolute atomic E-state index is 5.97. The number of benzene rings is 3. The zero-order valence-electron chi connectivity index (χ0n) is 25.2. The second kappa shape index (κ2) is 11.4. The summed E-state index contributed by atoms with van der Waals surface area (Å²) in [5, 5.41) is 2.36. The summed E-state index contributed by atoms with van der Waals surface area (Å²) in [6, 6.07) is 25.1. The molecule has 1 aliphatic carbocycles. The summed E-state index contributed by atoms with van der Waals surface area (Å²) in [5.74, 6) is 0. The molecule has 8 rings (SSSR count). The molecular formula is C38H30N8. The SMILES string of the molecule is C/C=C(\C=C/N)N(c1ccncc1)c1ccc(N(c2ccncc2)C2C=CN=CC2)c2nc3c(nc12)-c1cccc2cccc-3c12. The smallest absolute Gasteiger partial charge is 0.116 e. The number of aliphatic imine (C=N–C) groups is 1. The number of hydrogen-bond donors (Lipinski definition) is 1. The number of anilines is 4. The predicted octanol–water partition coefficient (Wildman–Crippen LogP) is 8.23. The maximum atomic E-state index is 5.97. The molecule has 6 aromatic rings. The quantitative estimate of drug-likeness (QED) is 0.185. The van der Waals surface area contributed by atoms with Crippen molar-refractivity contribution in [3.63, 3.8) is 0 Å². The fraction of sp³-hybridized carbons (Fsp3) is 0.0789. The van der Waals surface area contributed by atoms with E-state index in [2.05, 4.69) is 79.4 Å². The lowest BCUT2D eigenvalue weighted by Crippen LogP contribution is -2.31. The van der Waals surface area contributed by atoms with Gasteiger partial charge in [-0.1, -0.05) is 42.5 Å². The molecule has 1 atom stereocenters. The molecule has 0 spiro atoms. The molecule has 0 fully saturated rings. The molecule has 46 heavy (non-hydrogen) atoms. The van der Waals surface area contributed by atoms with Crippen LogP contribution in [-0.2, 0) is 0 Å². The molecular weight excluding hydrogens is 568 g/mol. The Balaban J connectivity index is 1.46. The summed E-state index contributed by atoms with van der Waals surface area (Å²) in [5.41, 5.74) is 16.1. The second-order valence-corrected chi connectivity index (χ2v) is 11.1. The normalized spacial score (nSPS) is 15.2. The van der Waals surface area contributed by atoms with Gasteiger partial charge in [-0.15, -0.1) is 0 Å². The lowest BCUT2D eigenvalue weighted by molar-refractivity contribution is 0.810. The van der Waals surface area contributed by atoms with Crippen molar-refractivity contribution < 1.29 is 0 Å². The molecule has 4 heterocycles. The molecule has 0 saturated carbocycles. The van der Waals surface area contributed by atoms with Gasteiger partial charge in [-0.05, 0) is 67.1 Å². The zero-order valence-corrected chi connectivity index (χ0v) is 25.2. The Bertz CT molecular complexity index is 2220. The third-order valence-electron chi connectivity index (χ3n) is 8.56. The van der Waals surface area contributed by atoms with Crippen LogP contribution in [0.5, 0.6) is 0 Å². The summed E-state index contributed by atoms with van der Waals surface area (Å²) in [6.07, 6.45) is 19.4. The number of nitrogens with two attached hydrogens (primary N) is 1. The van der Waals surface area contributed by atoms with Gasteiger partial charge >= 0.3 is 0 Å². The third kappa shape index (κ3) is 4.42. The molecule has 0 saturated heterocycles. The van der Waals surface area contributed by atoms with E-state index in [-0.39, 0.29) is 6.04 Å². The maximum Gasteiger partial charge on any atom is 0.116 e. The van der Waals surface area contributed by atoms with E-state index in [1.807, 2.05) is 68.1 Å². The Morgan fingerprint density at radius 3 is 2.02 bits per heavy atom. The van der Waals surface area contributed by atoms with Crippen molar-refractivity contribution in [1.82, 2.24) is 19.9 Å². The van der Waals surface area contributed by atoms with Crippen LogP contribution in [-0.4, -0.2) is 32.2 Å². The molecule has 0 bridgehead atoms. The average molecular weight is 599 g/mol. The minimum absolute atomic E-state index is 0.0206. The summed E-state index contributed by atoms with van der Waals surface area (Å²) in [4.78, 5) is 28.5. The first-order valence-corrected chi connectivity index (χ1v) is 15.3. The van der Waals surface area contributed by atoms with E-state index in [0.29, 0.717) is 0 Å². The van der Waals surface area contributed by atoms with Gasteiger partial charge in [-0.2, -0.15) is 0 Å². The van der Waals surface area contributed by atoms with Crippen molar-refractivity contribution in [2.45, 2.75) is 19.4 Å². The number of allylic oxidation sites excluding steroid dienone is 2. The number of nitrogens with zero attached hydrogens (tertiary/aromatic N) is 7. The van der Waals surface area contributed by atoms with Crippen LogP contribution in [0.25, 0.3) is 44.3 Å². The van der Waals surface area contributed by atoms with Crippen molar-refractivity contribution in [2.24, 2.45) is 10.7 Å². The third-order valence-corrected chi connectivity index (χ3v) is 8.56. The van der Waals surface area contributed by atoms with E-state index in [4.69, 9.17) is 15.7 Å². The number of hydrogen-bond acceptors (Lipinski definition) is 8. The molecule has 3 aromatic heterocycles. The Hall–Kier alpha value is -6.15. The van der Waals surface area contributed by atoms with Crippen molar-refractivity contribution in [2.75, 3.05) is 9.80 Å². The highest BCUT2D eigenvalue weighted by Gasteiger charge is 2.30. The van der Waals surface area contributed by atoms with Crippen LogP contribution in [0.4, 0.5) is 22.7 Å². The molecule has 0 radical (unpaired) electrons. The second-order valence-electron chi connectivity index (χ2n) is 11.1. The molecule has 222 valence electrons. The molecule has 2 N–H and O–H groups in total. The molecule has 8 heteroatoms. The van der Waals surface area contributed by atoms with E-state index in [9.17, 15) is 0 Å². The van der Waals surface area contributed by atoms with Crippen LogP contribution < -0.4 is 15.5 Å². The summed E-state index contributed by atoms with van der Waals surface area (Å²) in [6.45, 7) is 2.00. The highest BCUT2D eigenvalue weighted by molar-refractivity contribution is 6.15. The summed E-state index contributed by atoms with van der Waals surface area (Å²) >= 11 is 0. The van der Waals surface area contributed by atoms with E-state index in [1.54, 1.807) is 18.6 Å². The minimum atomic E-state index is 0.0206. The molecule has 0 amide bonds. The fourth-order valence-corrected chi connectivity index (χ4v) is 6.58. The first kappa shape index (κ1) is 27.4. The highest BCUT2D eigenvalue weighted by atomic mass is 15.2. The lowest BCUT2D eigenvalue weighted by Gasteiger charge is -2.34. The number of pyridine rings is 2. The van der Waals surface area contributed by atoms with Gasteiger partial charge in [-0.25, -0.2) is 9.97 Å². The first-order valence-electron chi connectivity index (χ1n) is 15.3. The van der Waals surface area contributed by atoms with Gasteiger partial charge in [0.15, 0.2) is 0 Å². The van der Waals surface area contributed by atoms with Gasteiger partial charge in [0.25, 0.3) is 0 Å². The largest absolute Gasteiger partial charge is 0.405 e. The van der Waals surface area contributed by atoms with Gasteiger partial charge < -0.3 is 15.5 Å². The summed E-state index contributed by atoms with van der Waals surface area (Å²) < 4.78 is 0. The van der Waals surface area contributed by atoms with E-state index in [0.717, 1.165) is 68.4 Å². The van der Waals surface area contributed by atoms with Gasteiger partial charge in [0.05, 0.1) is 28.8 Å². The monoisotopic (exact) mass is 598 g/mol. The van der Waals surface area contributed by atoms with Gasteiger partial charge in [0, 0.05) is 77.2 Å². The predicted molar refractivity (Wildman–Crippen MR) is 187 cm³/mol. The van der Waals surface area contributed by atoms with Crippen LogP contribution in [0.3, 0.4) is 0 Å². The van der Waals surface area contributed by atoms with Crippen LogP contribution >= 0.6 is 0 Å². The van der Waals surface area contributed by atoms with E-state index < -0.39 is 0 Å². The Morgan fingerprint density at radius 2 is 1.41 bits per heavy atom. The van der Waals surface area contributed by atoms with Gasteiger partial charge in [-0.3, -0.25) is 15.0 Å². The van der Waals surface area contributed by atoms with E-state index >= 15 is 0 Å². The first-order chi connectivity index (χ1) is 22.8. The Labute approximate surface area is 266 Å². The van der Waals surface area contributed by atoms with Gasteiger partial charge in [0.2, 0.25) is 0 Å². The van der Waals surface area contributed by atoms with Crippen LogP contribution in [0, 0.1) is 0 Å². The number of rotatable bonds is 7. The average Bonchev–Trinajstić information content (AvgIpc) is 3.43. The zero-order chi connectivity index (χ0) is 31.0. The standard InChI is InChI=1S/C38H30N8/c1-2-26(11-18-39)45(27-12-19-40-20-13-27)32-9-10-33(46(28-14-21-41-22-15-28)29-16-23-42-24-17-29)38-37(32)43-35-30-7-3-5-25-6-4-8-31(34(25)30)36(35)44-38/h2-16,18-24,29H,17,39H2,1H3/b18-11-,26-2+. The number of fused-ring (bicyclic) bond motifs is 4. The summed E-state index contributed by atoms with van der Waals surface area (Å²) in [7, 11) is 0. The molecule has 1 unspecified atom stereocenters. The van der Waals surface area contributed by atoms with Crippen LogP contribution in [0.15, 0.2) is 139 Å². The molecule has 1 aliphatic heterocycles. The number of aromatic nitrogens is 4. The Morgan fingerprint density at radius 1 is 0.783 bits per heavy atom. The molecule has 3 aromatic carbocycles. The minimum Gasteiger partial charge on any atom is -0.405 e. The van der Waals surface area contributed by atoms with Crippen molar-refractivity contribution in [1.29, 1.82) is 0 Å². The van der Waals surface area contributed by atoms with Crippen molar-refractivity contribution >= 4 is 50.8 Å². The van der Waals surface area contributed by atoms with Crippen molar-refractivity contribution in [3.8, 4) is 22.5 Å². The Kier molecular flexibility index (Phi) is 6.80. The lowest BCUT2D eigenvalue weighted by atomic mass is 10.0. The topological polar surface area (TPSA) is 96.4 Å². The van der Waals surface area contributed by atoms with Crippen LogP contribution in [0.2, 0.25) is 0 Å². The van der Waals surface area contributed by atoms with E-state index in [1.165, 1.54) is 10.8 Å². The fourth-order valence-electron chi connectivity index (χ4n) is 6.58. The molecule has 2 aliphatic rings. The van der Waals surface area contributed by atoms with Crippen LogP contribution in [0.1, 0.15) is 13.3 Å². The van der Waals surface area contributed by atoms with Gasteiger partial charge in [0.1, 0.15) is 11.0 Å². The van der Waals surface area contributed by atoms with Crippen molar-refractivity contribution in [3.05, 3.63) is 134 Å². The highest BCUT2D eigenvalue weighted by Crippen LogP contribution is 2.49.